The average molecular weight is 449 g/mol. The summed E-state index contributed by atoms with van der Waals surface area (Å²) in [6.45, 7) is 4.31. The molecule has 4 aromatic rings. The second kappa shape index (κ2) is 9.15. The molecule has 0 aliphatic rings. The molecule has 2 aromatic carbocycles. The van der Waals surface area contributed by atoms with Gasteiger partial charge in [-0.05, 0) is 49.4 Å². The molecule has 2 aromatic heterocycles. The van der Waals surface area contributed by atoms with Crippen LogP contribution in [0.25, 0.3) is 17.0 Å². The molecule has 0 saturated heterocycles. The first-order valence-electron chi connectivity index (χ1n) is 10.0. The molecule has 0 spiro atoms. The van der Waals surface area contributed by atoms with Gasteiger partial charge in [0.2, 0.25) is 11.8 Å². The molecule has 162 valence electrons. The molecule has 0 fully saturated rings. The molecule has 1 N–H and O–H groups in total. The normalized spacial score (nSPS) is 11.2. The number of para-hydroxylation sites is 1. The highest BCUT2D eigenvalue weighted by atomic mass is 32.1. The fourth-order valence-corrected chi connectivity index (χ4v) is 4.24. The number of aryl methyl sites for hydroxylation is 1. The standard InChI is InChI=1S/C24H21FN4O2S/c1-3-28-13-12-17-14-18(8-10-21(17)28)26-23(31)11-9-19-15-32-24(27-19)29(16(2)30)22-7-5-4-6-20(22)25/h4-15H,3H2,1-2H3,(H,26,31)/b11-9+. The third kappa shape index (κ3) is 4.45. The van der Waals surface area contributed by atoms with E-state index in [1.54, 1.807) is 23.6 Å². The number of fused-ring (bicyclic) bond motifs is 1. The summed E-state index contributed by atoms with van der Waals surface area (Å²) < 4.78 is 16.3. The summed E-state index contributed by atoms with van der Waals surface area (Å²) in [7, 11) is 0. The van der Waals surface area contributed by atoms with Crippen LogP contribution < -0.4 is 10.2 Å². The maximum absolute atomic E-state index is 14.2. The van der Waals surface area contributed by atoms with Crippen molar-refractivity contribution in [1.29, 1.82) is 0 Å². The van der Waals surface area contributed by atoms with E-state index in [0.29, 0.717) is 16.5 Å². The number of carbonyl (C=O) groups is 2. The Balaban J connectivity index is 1.48. The van der Waals surface area contributed by atoms with Crippen LogP contribution in [0.4, 0.5) is 20.9 Å². The van der Waals surface area contributed by atoms with Gasteiger partial charge in [0.25, 0.3) is 0 Å². The van der Waals surface area contributed by atoms with E-state index < -0.39 is 5.82 Å². The SMILES string of the molecule is CCn1ccc2cc(NC(=O)/C=C/c3csc(N(C(C)=O)c4ccccc4F)n3)ccc21. The van der Waals surface area contributed by atoms with Crippen LogP contribution in [0.1, 0.15) is 19.5 Å². The molecule has 0 unspecified atom stereocenters. The third-order valence-electron chi connectivity index (χ3n) is 4.89. The van der Waals surface area contributed by atoms with Crippen molar-refractivity contribution in [3.8, 4) is 0 Å². The van der Waals surface area contributed by atoms with E-state index in [0.717, 1.165) is 17.4 Å². The summed E-state index contributed by atoms with van der Waals surface area (Å²) in [5.41, 5.74) is 2.44. The minimum Gasteiger partial charge on any atom is -0.348 e. The van der Waals surface area contributed by atoms with Crippen LogP contribution in [-0.4, -0.2) is 21.4 Å². The number of anilines is 3. The van der Waals surface area contributed by atoms with Crippen LogP contribution in [0.3, 0.4) is 0 Å². The van der Waals surface area contributed by atoms with Crippen molar-refractivity contribution in [3.63, 3.8) is 0 Å². The van der Waals surface area contributed by atoms with Crippen LogP contribution in [0.2, 0.25) is 0 Å². The van der Waals surface area contributed by atoms with Crippen molar-refractivity contribution in [2.24, 2.45) is 0 Å². The maximum Gasteiger partial charge on any atom is 0.248 e. The lowest BCUT2D eigenvalue weighted by Gasteiger charge is -2.18. The Morgan fingerprint density at radius 2 is 2.03 bits per heavy atom. The minimum absolute atomic E-state index is 0.134. The molecule has 0 radical (unpaired) electrons. The number of nitrogens with one attached hydrogen (secondary N) is 1. The van der Waals surface area contributed by atoms with Crippen molar-refractivity contribution >= 4 is 56.6 Å². The first-order chi connectivity index (χ1) is 15.5. The Hall–Kier alpha value is -3.78. The second-order valence-corrected chi connectivity index (χ2v) is 7.90. The second-order valence-electron chi connectivity index (χ2n) is 7.06. The number of nitrogens with zero attached hydrogens (tertiary/aromatic N) is 3. The van der Waals surface area contributed by atoms with Crippen LogP contribution in [-0.2, 0) is 16.1 Å². The quantitative estimate of drug-likeness (QED) is 0.391. The zero-order valence-corrected chi connectivity index (χ0v) is 18.4. The highest BCUT2D eigenvalue weighted by Gasteiger charge is 2.20. The molecule has 0 aliphatic carbocycles. The topological polar surface area (TPSA) is 67.2 Å². The predicted molar refractivity (Wildman–Crippen MR) is 127 cm³/mol. The van der Waals surface area contributed by atoms with Gasteiger partial charge < -0.3 is 9.88 Å². The third-order valence-corrected chi connectivity index (χ3v) is 5.74. The zero-order chi connectivity index (χ0) is 22.7. The molecular weight excluding hydrogens is 427 g/mol. The Morgan fingerprint density at radius 3 is 2.78 bits per heavy atom. The molecular formula is C24H21FN4O2S. The minimum atomic E-state index is -0.513. The summed E-state index contributed by atoms with van der Waals surface area (Å²) in [5, 5.41) is 5.92. The van der Waals surface area contributed by atoms with Crippen molar-refractivity contribution in [3.05, 3.63) is 77.7 Å². The molecule has 4 rings (SSSR count). The molecule has 32 heavy (non-hydrogen) atoms. The van der Waals surface area contributed by atoms with Gasteiger partial charge in [0.1, 0.15) is 5.82 Å². The van der Waals surface area contributed by atoms with E-state index in [-0.39, 0.29) is 17.5 Å². The van der Waals surface area contributed by atoms with E-state index in [2.05, 4.69) is 21.8 Å². The van der Waals surface area contributed by atoms with Crippen molar-refractivity contribution in [2.75, 3.05) is 10.2 Å². The lowest BCUT2D eigenvalue weighted by Crippen LogP contribution is -2.23. The number of hydrogen-bond donors (Lipinski definition) is 1. The summed E-state index contributed by atoms with van der Waals surface area (Å²) >= 11 is 1.19. The van der Waals surface area contributed by atoms with E-state index in [9.17, 15) is 14.0 Å². The van der Waals surface area contributed by atoms with Gasteiger partial charge in [0.15, 0.2) is 5.13 Å². The number of thiazole rings is 1. The number of aromatic nitrogens is 2. The maximum atomic E-state index is 14.2. The predicted octanol–water partition coefficient (Wildman–Crippen LogP) is 5.59. The Morgan fingerprint density at radius 1 is 1.22 bits per heavy atom. The highest BCUT2D eigenvalue weighted by molar-refractivity contribution is 7.14. The number of hydrogen-bond acceptors (Lipinski definition) is 4. The molecule has 0 bridgehead atoms. The lowest BCUT2D eigenvalue weighted by molar-refractivity contribution is -0.116. The molecule has 6 nitrogen and oxygen atoms in total. The summed E-state index contributed by atoms with van der Waals surface area (Å²) in [4.78, 5) is 30.1. The number of amides is 2. The fourth-order valence-electron chi connectivity index (χ4n) is 3.39. The van der Waals surface area contributed by atoms with Crippen LogP contribution >= 0.6 is 11.3 Å². The molecule has 2 amide bonds. The fraction of sp³-hybridized carbons (Fsp3) is 0.125. The van der Waals surface area contributed by atoms with Gasteiger partial charge in [0, 0.05) is 47.7 Å². The zero-order valence-electron chi connectivity index (χ0n) is 17.6. The first-order valence-corrected chi connectivity index (χ1v) is 10.9. The van der Waals surface area contributed by atoms with Gasteiger partial charge in [-0.1, -0.05) is 12.1 Å². The summed E-state index contributed by atoms with van der Waals surface area (Å²) in [6, 6.07) is 13.8. The average Bonchev–Trinajstić information content (AvgIpc) is 3.40. The van der Waals surface area contributed by atoms with Gasteiger partial charge in [-0.3, -0.25) is 14.5 Å². The van der Waals surface area contributed by atoms with Crippen LogP contribution in [0.5, 0.6) is 0 Å². The van der Waals surface area contributed by atoms with Gasteiger partial charge in [-0.2, -0.15) is 0 Å². The van der Waals surface area contributed by atoms with Crippen molar-refractivity contribution < 1.29 is 14.0 Å². The molecule has 0 atom stereocenters. The van der Waals surface area contributed by atoms with Crippen LogP contribution in [0, 0.1) is 5.82 Å². The number of carbonyl (C=O) groups excluding carboxylic acids is 2. The van der Waals surface area contributed by atoms with Crippen LogP contribution in [0.15, 0.2) is 66.2 Å². The smallest absolute Gasteiger partial charge is 0.248 e. The Bertz CT molecular complexity index is 1320. The summed E-state index contributed by atoms with van der Waals surface area (Å²) in [5.74, 6) is -1.17. The van der Waals surface area contributed by atoms with Crippen molar-refractivity contribution in [1.82, 2.24) is 9.55 Å². The number of rotatable bonds is 6. The van der Waals surface area contributed by atoms with Gasteiger partial charge in [-0.15, -0.1) is 11.3 Å². The Labute approximate surface area is 188 Å². The van der Waals surface area contributed by atoms with E-state index in [1.165, 1.54) is 41.4 Å². The molecule has 0 saturated carbocycles. The first kappa shape index (κ1) is 21.5. The highest BCUT2D eigenvalue weighted by Crippen LogP contribution is 2.31. The van der Waals surface area contributed by atoms with E-state index in [1.807, 2.05) is 30.5 Å². The van der Waals surface area contributed by atoms with E-state index in [4.69, 9.17) is 0 Å². The number of benzene rings is 2. The van der Waals surface area contributed by atoms with Gasteiger partial charge in [-0.25, -0.2) is 9.37 Å². The van der Waals surface area contributed by atoms with Gasteiger partial charge in [0.05, 0.1) is 11.4 Å². The Kier molecular flexibility index (Phi) is 6.13. The number of halogens is 1. The van der Waals surface area contributed by atoms with Crippen molar-refractivity contribution in [2.45, 2.75) is 20.4 Å². The molecule has 8 heteroatoms. The monoisotopic (exact) mass is 448 g/mol. The lowest BCUT2D eigenvalue weighted by atomic mass is 10.2. The van der Waals surface area contributed by atoms with E-state index >= 15 is 0 Å². The van der Waals surface area contributed by atoms with Gasteiger partial charge >= 0.3 is 0 Å². The summed E-state index contributed by atoms with van der Waals surface area (Å²) in [6.07, 6.45) is 4.95. The molecule has 0 aliphatic heterocycles. The molecule has 2 heterocycles. The largest absolute Gasteiger partial charge is 0.348 e.